The van der Waals surface area contributed by atoms with E-state index in [-0.39, 0.29) is 4.90 Å². The fourth-order valence-corrected chi connectivity index (χ4v) is 5.17. The van der Waals surface area contributed by atoms with E-state index in [4.69, 9.17) is 11.6 Å². The highest BCUT2D eigenvalue weighted by atomic mass is 35.5. The Morgan fingerprint density at radius 3 is 2.53 bits per heavy atom. The Hall–Kier alpha value is -2.68. The summed E-state index contributed by atoms with van der Waals surface area (Å²) in [6.07, 6.45) is 1.54. The van der Waals surface area contributed by atoms with Crippen LogP contribution in [0.25, 0.3) is 0 Å². The second-order valence-electron chi connectivity index (χ2n) is 6.52. The minimum atomic E-state index is -4.00. The van der Waals surface area contributed by atoms with Crippen LogP contribution in [0.5, 0.6) is 0 Å². The lowest BCUT2D eigenvalue weighted by Crippen LogP contribution is -2.40. The zero-order valence-electron chi connectivity index (χ0n) is 16.4. The number of carbonyl (C=O) groups excluding carboxylic acids is 1. The number of benzene rings is 2. The second-order valence-corrected chi connectivity index (χ2v) is 9.76. The Bertz CT molecular complexity index is 1180. The van der Waals surface area contributed by atoms with Gasteiger partial charge in [0, 0.05) is 9.90 Å². The molecule has 0 unspecified atom stereocenters. The molecule has 1 amide bonds. The van der Waals surface area contributed by atoms with Crippen LogP contribution in [0.3, 0.4) is 0 Å². The van der Waals surface area contributed by atoms with E-state index >= 15 is 0 Å². The van der Waals surface area contributed by atoms with Gasteiger partial charge >= 0.3 is 0 Å². The van der Waals surface area contributed by atoms with Crippen molar-refractivity contribution in [1.82, 2.24) is 5.43 Å². The van der Waals surface area contributed by atoms with E-state index in [0.29, 0.717) is 16.3 Å². The van der Waals surface area contributed by atoms with Crippen LogP contribution in [0, 0.1) is 13.8 Å². The third kappa shape index (κ3) is 5.08. The van der Waals surface area contributed by atoms with Gasteiger partial charge in [-0.05, 0) is 60.7 Å². The monoisotopic (exact) mass is 461 g/mol. The van der Waals surface area contributed by atoms with Crippen molar-refractivity contribution in [1.29, 1.82) is 0 Å². The van der Waals surface area contributed by atoms with Crippen LogP contribution in [0.15, 0.2) is 70.0 Å². The number of amides is 1. The summed E-state index contributed by atoms with van der Waals surface area (Å²) >= 11 is 7.60. The van der Waals surface area contributed by atoms with Crippen LogP contribution >= 0.6 is 22.9 Å². The van der Waals surface area contributed by atoms with Gasteiger partial charge in [0.2, 0.25) is 0 Å². The van der Waals surface area contributed by atoms with Crippen LogP contribution < -0.4 is 9.73 Å². The van der Waals surface area contributed by atoms with E-state index in [0.717, 1.165) is 14.7 Å². The van der Waals surface area contributed by atoms with E-state index in [1.165, 1.54) is 29.5 Å². The van der Waals surface area contributed by atoms with Crippen LogP contribution in [-0.2, 0) is 14.8 Å². The van der Waals surface area contributed by atoms with Gasteiger partial charge in [0.05, 0.1) is 16.8 Å². The Morgan fingerprint density at radius 2 is 1.87 bits per heavy atom. The zero-order chi connectivity index (χ0) is 21.7. The van der Waals surface area contributed by atoms with Crippen LogP contribution in [0.4, 0.5) is 5.69 Å². The number of carbonyl (C=O) groups is 1. The quantitative estimate of drug-likeness (QED) is 0.419. The molecule has 3 rings (SSSR count). The number of rotatable bonds is 7. The third-order valence-electron chi connectivity index (χ3n) is 4.33. The molecule has 3 aromatic rings. The normalized spacial score (nSPS) is 11.6. The van der Waals surface area contributed by atoms with Gasteiger partial charge in [0.15, 0.2) is 0 Å². The van der Waals surface area contributed by atoms with E-state index < -0.39 is 22.5 Å². The molecule has 0 saturated carbocycles. The molecule has 0 aliphatic carbocycles. The summed E-state index contributed by atoms with van der Waals surface area (Å²) < 4.78 is 27.7. The molecule has 1 heterocycles. The van der Waals surface area contributed by atoms with Crippen LogP contribution in [0.2, 0.25) is 5.02 Å². The Kier molecular flexibility index (Phi) is 6.91. The molecular formula is C21H20ClN3O3S2. The van der Waals surface area contributed by atoms with Crippen molar-refractivity contribution in [2.75, 3.05) is 10.8 Å². The minimum absolute atomic E-state index is 0.0786. The van der Waals surface area contributed by atoms with E-state index in [2.05, 4.69) is 10.5 Å². The molecule has 30 heavy (non-hydrogen) atoms. The number of halogens is 1. The number of hydrogen-bond acceptors (Lipinski definition) is 5. The summed E-state index contributed by atoms with van der Waals surface area (Å²) in [5, 5.41) is 6.25. The molecule has 1 N–H and O–H groups in total. The summed E-state index contributed by atoms with van der Waals surface area (Å²) in [6.45, 7) is 3.25. The number of thiophene rings is 1. The fraction of sp³-hybridized carbons (Fsp3) is 0.143. The first-order valence-corrected chi connectivity index (χ1v) is 11.7. The van der Waals surface area contributed by atoms with Gasteiger partial charge in [-0.1, -0.05) is 35.9 Å². The number of nitrogens with one attached hydrogen (secondary N) is 1. The van der Waals surface area contributed by atoms with Gasteiger partial charge in [-0.25, -0.2) is 13.8 Å². The predicted molar refractivity (Wildman–Crippen MR) is 122 cm³/mol. The molecule has 0 radical (unpaired) electrons. The van der Waals surface area contributed by atoms with Crippen molar-refractivity contribution < 1.29 is 13.2 Å². The lowest BCUT2D eigenvalue weighted by Gasteiger charge is -2.25. The smallest absolute Gasteiger partial charge is 0.264 e. The number of hydrazone groups is 1. The van der Waals surface area contributed by atoms with Gasteiger partial charge < -0.3 is 0 Å². The van der Waals surface area contributed by atoms with Gasteiger partial charge in [0.25, 0.3) is 15.9 Å². The minimum Gasteiger partial charge on any atom is -0.271 e. The first kappa shape index (κ1) is 22.0. The highest BCUT2D eigenvalue weighted by Crippen LogP contribution is 2.29. The predicted octanol–water partition coefficient (Wildman–Crippen LogP) is 4.36. The van der Waals surface area contributed by atoms with Gasteiger partial charge in [-0.2, -0.15) is 5.10 Å². The summed E-state index contributed by atoms with van der Waals surface area (Å²) in [6, 6.07) is 14.8. The fourth-order valence-electron chi connectivity index (χ4n) is 2.72. The van der Waals surface area contributed by atoms with Crippen molar-refractivity contribution in [2.24, 2.45) is 5.10 Å². The summed E-state index contributed by atoms with van der Waals surface area (Å²) in [5.74, 6) is -0.570. The molecule has 156 valence electrons. The summed E-state index contributed by atoms with van der Waals surface area (Å²) in [5.41, 5.74) is 4.45. The number of sulfonamides is 1. The lowest BCUT2D eigenvalue weighted by molar-refractivity contribution is -0.119. The molecule has 0 bridgehead atoms. The summed E-state index contributed by atoms with van der Waals surface area (Å²) in [7, 11) is -4.00. The van der Waals surface area contributed by atoms with E-state index in [1.807, 2.05) is 18.4 Å². The first-order valence-electron chi connectivity index (χ1n) is 8.99. The molecular weight excluding hydrogens is 442 g/mol. The average Bonchev–Trinajstić information content (AvgIpc) is 3.13. The summed E-state index contributed by atoms with van der Waals surface area (Å²) in [4.78, 5) is 13.5. The number of aryl methyl sites for hydroxylation is 2. The van der Waals surface area contributed by atoms with Crippen molar-refractivity contribution in [2.45, 2.75) is 18.7 Å². The second kappa shape index (κ2) is 9.42. The molecule has 1 aromatic heterocycles. The molecule has 0 fully saturated rings. The molecule has 0 aliphatic heterocycles. The Balaban J connectivity index is 1.90. The van der Waals surface area contributed by atoms with E-state index in [1.54, 1.807) is 43.5 Å². The maximum Gasteiger partial charge on any atom is 0.264 e. The van der Waals surface area contributed by atoms with Crippen molar-refractivity contribution in [3.63, 3.8) is 0 Å². The molecule has 0 aliphatic rings. The molecule has 0 spiro atoms. The lowest BCUT2D eigenvalue weighted by atomic mass is 10.2. The zero-order valence-corrected chi connectivity index (χ0v) is 18.8. The molecule has 0 saturated heterocycles. The molecule has 2 aromatic carbocycles. The van der Waals surface area contributed by atoms with Crippen molar-refractivity contribution in [3.8, 4) is 0 Å². The van der Waals surface area contributed by atoms with Gasteiger partial charge in [-0.15, -0.1) is 11.3 Å². The number of hydrogen-bond donors (Lipinski definition) is 1. The van der Waals surface area contributed by atoms with Crippen LogP contribution in [-0.4, -0.2) is 27.1 Å². The Labute approximate surface area is 184 Å². The first-order chi connectivity index (χ1) is 14.3. The van der Waals surface area contributed by atoms with Crippen molar-refractivity contribution in [3.05, 3.63) is 81.0 Å². The highest BCUT2D eigenvalue weighted by Gasteiger charge is 2.28. The Morgan fingerprint density at radius 1 is 1.13 bits per heavy atom. The number of anilines is 1. The molecule has 0 atom stereocenters. The number of nitrogens with zero attached hydrogens (tertiary/aromatic N) is 2. The maximum atomic E-state index is 13.3. The highest BCUT2D eigenvalue weighted by molar-refractivity contribution is 7.92. The SMILES string of the molecule is Cc1ccc(Cl)cc1N(CC(=O)N/N=C\c1sccc1C)S(=O)(=O)c1ccccc1. The molecule has 9 heteroatoms. The average molecular weight is 462 g/mol. The standard InChI is InChI=1S/C21H20ClN3O3S2/c1-15-8-9-17(22)12-19(15)25(30(27,28)18-6-4-3-5-7-18)14-21(26)24-23-13-20-16(2)10-11-29-20/h3-13H,14H2,1-2H3,(H,24,26)/b23-13-. The van der Waals surface area contributed by atoms with Crippen molar-refractivity contribution >= 4 is 50.8 Å². The maximum absolute atomic E-state index is 13.3. The largest absolute Gasteiger partial charge is 0.271 e. The van der Waals surface area contributed by atoms with Crippen LogP contribution in [0.1, 0.15) is 16.0 Å². The van der Waals surface area contributed by atoms with Gasteiger partial charge in [-0.3, -0.25) is 9.10 Å². The van der Waals surface area contributed by atoms with E-state index in [9.17, 15) is 13.2 Å². The van der Waals surface area contributed by atoms with Gasteiger partial charge in [0.1, 0.15) is 6.54 Å². The molecule has 6 nitrogen and oxygen atoms in total. The third-order valence-corrected chi connectivity index (χ3v) is 7.29. The topological polar surface area (TPSA) is 78.8 Å².